The summed E-state index contributed by atoms with van der Waals surface area (Å²) in [5.74, 6) is 0.302. The van der Waals surface area contributed by atoms with E-state index in [9.17, 15) is 18.0 Å². The van der Waals surface area contributed by atoms with Crippen LogP contribution >= 0.6 is 0 Å². The zero-order valence-corrected chi connectivity index (χ0v) is 25.7. The molecule has 8 nitrogen and oxygen atoms in total. The maximum Gasteiger partial charge on any atom is 0.417 e. The Morgan fingerprint density at radius 2 is 1.76 bits per heavy atom. The third kappa shape index (κ3) is 5.80. The Morgan fingerprint density at radius 3 is 2.46 bits per heavy atom. The highest BCUT2D eigenvalue weighted by molar-refractivity contribution is 5.84. The van der Waals surface area contributed by atoms with Crippen LogP contribution in [0.1, 0.15) is 49.0 Å². The number of nitrogens with one attached hydrogen (secondary N) is 1. The van der Waals surface area contributed by atoms with E-state index >= 15 is 0 Å². The standard InChI is InChI=1S/C35H35F3N6O2/c1-42-16-17-46-31(21-42)22-9-12-25(13-10-22)40-34-39-20-24-18-28(33(45)44(32(24)41-34)26-6-3-4-7-26)27-14-11-23(19-29(27)35(36,37)38)30-8-5-15-43(30)2/h5,8-15,18-20,26,31H,3-4,6-7,16-17,21H2,1-2H3,(H,39,40,41). The van der Waals surface area contributed by atoms with Crippen molar-refractivity contribution in [1.29, 1.82) is 0 Å². The van der Waals surface area contributed by atoms with Gasteiger partial charge in [0, 0.05) is 60.9 Å². The molecule has 0 radical (unpaired) electrons. The first-order chi connectivity index (χ1) is 22.2. The summed E-state index contributed by atoms with van der Waals surface area (Å²) in [5.41, 5.74) is 1.82. The molecule has 0 bridgehead atoms. The van der Waals surface area contributed by atoms with E-state index in [-0.39, 0.29) is 23.3 Å². The van der Waals surface area contributed by atoms with E-state index in [1.54, 1.807) is 46.8 Å². The Balaban J connectivity index is 1.28. The van der Waals surface area contributed by atoms with Crippen molar-refractivity contribution in [2.75, 3.05) is 32.1 Å². The van der Waals surface area contributed by atoms with Gasteiger partial charge in [-0.1, -0.05) is 37.1 Å². The minimum atomic E-state index is -4.67. The molecular weight excluding hydrogens is 593 g/mol. The SMILES string of the molecule is CN1CCOC(c2ccc(Nc3ncc4cc(-c5ccc(-c6cccn6C)cc5C(F)(F)F)c(=O)n(C5CCCC5)c4n3)cc2)C1. The van der Waals surface area contributed by atoms with Crippen LogP contribution in [0, 0.1) is 0 Å². The molecule has 11 heteroatoms. The van der Waals surface area contributed by atoms with Gasteiger partial charge < -0.3 is 19.5 Å². The van der Waals surface area contributed by atoms with E-state index in [1.165, 1.54) is 12.1 Å². The van der Waals surface area contributed by atoms with Crippen LogP contribution in [0.2, 0.25) is 0 Å². The number of hydrogen-bond donors (Lipinski definition) is 1. The van der Waals surface area contributed by atoms with Gasteiger partial charge in [0.25, 0.3) is 5.56 Å². The lowest BCUT2D eigenvalue weighted by Crippen LogP contribution is -2.35. The lowest BCUT2D eigenvalue weighted by Gasteiger charge is -2.30. The second-order valence-corrected chi connectivity index (χ2v) is 12.3. The lowest BCUT2D eigenvalue weighted by molar-refractivity contribution is -0.137. The fraction of sp³-hybridized carbons (Fsp3) is 0.343. The van der Waals surface area contributed by atoms with Gasteiger partial charge in [-0.3, -0.25) is 9.36 Å². The Kier molecular flexibility index (Phi) is 7.90. The van der Waals surface area contributed by atoms with Gasteiger partial charge in [-0.25, -0.2) is 4.98 Å². The molecule has 238 valence electrons. The normalized spacial score (nSPS) is 18.0. The molecule has 46 heavy (non-hydrogen) atoms. The van der Waals surface area contributed by atoms with Crippen molar-refractivity contribution < 1.29 is 17.9 Å². The van der Waals surface area contributed by atoms with E-state index in [1.807, 2.05) is 24.3 Å². The van der Waals surface area contributed by atoms with Crippen molar-refractivity contribution in [3.63, 3.8) is 0 Å². The fourth-order valence-corrected chi connectivity index (χ4v) is 6.70. The number of halogens is 3. The molecule has 3 aromatic heterocycles. The number of rotatable bonds is 6. The third-order valence-corrected chi connectivity index (χ3v) is 9.13. The number of hydrogen-bond acceptors (Lipinski definition) is 6. The predicted octanol–water partition coefficient (Wildman–Crippen LogP) is 7.34. The van der Waals surface area contributed by atoms with E-state index in [0.29, 0.717) is 34.8 Å². The van der Waals surface area contributed by atoms with Crippen molar-refractivity contribution >= 4 is 22.7 Å². The van der Waals surface area contributed by atoms with Gasteiger partial charge in [0.2, 0.25) is 5.95 Å². The minimum absolute atomic E-state index is 0.00645. The van der Waals surface area contributed by atoms with Gasteiger partial charge >= 0.3 is 6.18 Å². The second-order valence-electron chi connectivity index (χ2n) is 12.3. The Hall–Kier alpha value is -4.48. The number of fused-ring (bicyclic) bond motifs is 1. The van der Waals surface area contributed by atoms with Crippen molar-refractivity contribution in [2.45, 2.75) is 44.0 Å². The topological polar surface area (TPSA) is 77.2 Å². The first-order valence-corrected chi connectivity index (χ1v) is 15.6. The van der Waals surface area contributed by atoms with Crippen molar-refractivity contribution in [1.82, 2.24) is 24.0 Å². The highest BCUT2D eigenvalue weighted by Crippen LogP contribution is 2.40. The smallest absolute Gasteiger partial charge is 0.371 e. The number of aryl methyl sites for hydroxylation is 1. The summed E-state index contributed by atoms with van der Waals surface area (Å²) in [6.45, 7) is 2.42. The summed E-state index contributed by atoms with van der Waals surface area (Å²) in [5, 5.41) is 3.73. The van der Waals surface area contributed by atoms with Crippen LogP contribution < -0.4 is 10.9 Å². The summed E-state index contributed by atoms with van der Waals surface area (Å²) < 4.78 is 52.9. The zero-order valence-electron chi connectivity index (χ0n) is 25.7. The number of likely N-dealkylation sites (N-methyl/N-ethyl adjacent to an activating group) is 1. The minimum Gasteiger partial charge on any atom is -0.371 e. The molecule has 1 aliphatic heterocycles. The molecule has 1 saturated heterocycles. The maximum absolute atomic E-state index is 14.6. The number of aromatic nitrogens is 4. The third-order valence-electron chi connectivity index (χ3n) is 9.13. The summed E-state index contributed by atoms with van der Waals surface area (Å²) in [6, 6.07) is 16.9. The number of nitrogens with zero attached hydrogens (tertiary/aromatic N) is 5. The number of alkyl halides is 3. The lowest BCUT2D eigenvalue weighted by atomic mass is 9.96. The molecule has 0 spiro atoms. The van der Waals surface area contributed by atoms with Crippen LogP contribution in [0.25, 0.3) is 33.4 Å². The Labute approximate surface area is 264 Å². The highest BCUT2D eigenvalue weighted by Gasteiger charge is 2.35. The summed E-state index contributed by atoms with van der Waals surface area (Å²) in [7, 11) is 3.86. The van der Waals surface area contributed by atoms with Crippen LogP contribution in [-0.4, -0.2) is 50.7 Å². The monoisotopic (exact) mass is 628 g/mol. The van der Waals surface area contributed by atoms with Gasteiger partial charge in [0.15, 0.2) is 0 Å². The number of morpholine rings is 1. The van der Waals surface area contributed by atoms with E-state index < -0.39 is 17.3 Å². The summed E-state index contributed by atoms with van der Waals surface area (Å²) >= 11 is 0. The first-order valence-electron chi connectivity index (χ1n) is 15.6. The van der Waals surface area contributed by atoms with E-state index in [0.717, 1.165) is 56.1 Å². The summed E-state index contributed by atoms with van der Waals surface area (Å²) in [6.07, 6.45) is 2.07. The molecule has 7 rings (SSSR count). The molecule has 2 aliphatic rings. The Bertz CT molecular complexity index is 1940. The molecule has 1 N–H and O–H groups in total. The van der Waals surface area contributed by atoms with Crippen LogP contribution in [0.3, 0.4) is 0 Å². The number of benzene rings is 2. The van der Waals surface area contributed by atoms with Gasteiger partial charge in [0.05, 0.1) is 18.3 Å². The first kappa shape index (κ1) is 30.2. The molecule has 1 atom stereocenters. The largest absolute Gasteiger partial charge is 0.417 e. The van der Waals surface area contributed by atoms with Gasteiger partial charge in [-0.05, 0) is 73.0 Å². The second kappa shape index (κ2) is 12.0. The van der Waals surface area contributed by atoms with Crippen LogP contribution in [-0.2, 0) is 18.0 Å². The predicted molar refractivity (Wildman–Crippen MR) is 172 cm³/mol. The molecule has 2 aromatic carbocycles. The fourth-order valence-electron chi connectivity index (χ4n) is 6.70. The van der Waals surface area contributed by atoms with E-state index in [4.69, 9.17) is 9.72 Å². The summed E-state index contributed by atoms with van der Waals surface area (Å²) in [4.78, 5) is 25.7. The number of ether oxygens (including phenoxy) is 1. The quantitative estimate of drug-likeness (QED) is 0.212. The van der Waals surface area contributed by atoms with Crippen LogP contribution in [0.5, 0.6) is 0 Å². The highest BCUT2D eigenvalue weighted by atomic mass is 19.4. The number of anilines is 2. The molecule has 0 amide bonds. The van der Waals surface area contributed by atoms with Crippen molar-refractivity contribution in [3.8, 4) is 22.4 Å². The average molecular weight is 629 g/mol. The van der Waals surface area contributed by atoms with Gasteiger partial charge in [-0.2, -0.15) is 18.2 Å². The maximum atomic E-state index is 14.6. The Morgan fingerprint density at radius 1 is 0.978 bits per heavy atom. The van der Waals surface area contributed by atoms with Gasteiger partial charge in [-0.15, -0.1) is 0 Å². The molecule has 1 saturated carbocycles. The molecule has 1 aliphatic carbocycles. The average Bonchev–Trinajstić information content (AvgIpc) is 3.73. The molecular formula is C35H35F3N6O2. The zero-order chi connectivity index (χ0) is 32.0. The van der Waals surface area contributed by atoms with Crippen molar-refractivity contribution in [3.05, 3.63) is 94.5 Å². The van der Waals surface area contributed by atoms with Gasteiger partial charge in [0.1, 0.15) is 5.65 Å². The molecule has 5 aromatic rings. The van der Waals surface area contributed by atoms with Crippen LogP contribution in [0.4, 0.5) is 24.8 Å². The molecule has 1 unspecified atom stereocenters. The van der Waals surface area contributed by atoms with Crippen molar-refractivity contribution in [2.24, 2.45) is 7.05 Å². The molecule has 2 fully saturated rings. The van der Waals surface area contributed by atoms with Crippen LogP contribution in [0.15, 0.2) is 77.9 Å². The molecule has 4 heterocycles. The number of pyridine rings is 1. The van der Waals surface area contributed by atoms with E-state index in [2.05, 4.69) is 22.2 Å².